The highest BCUT2D eigenvalue weighted by Gasteiger charge is 2.10. The van der Waals surface area contributed by atoms with E-state index in [4.69, 9.17) is 4.42 Å². The molecule has 2 rings (SSSR count). The molecule has 2 aromatic rings. The topological polar surface area (TPSA) is 41.8 Å². The van der Waals surface area contributed by atoms with Gasteiger partial charge in [-0.05, 0) is 6.07 Å². The number of aromatic amines is 1. The van der Waals surface area contributed by atoms with Crippen molar-refractivity contribution in [2.45, 2.75) is 11.2 Å². The zero-order valence-electron chi connectivity index (χ0n) is 6.90. The summed E-state index contributed by atoms with van der Waals surface area (Å²) in [6.07, 6.45) is 7.83. The third-order valence-corrected chi connectivity index (χ3v) is 2.68. The van der Waals surface area contributed by atoms with Crippen molar-refractivity contribution >= 4 is 15.9 Å². The predicted molar refractivity (Wildman–Crippen MR) is 52.7 cm³/mol. The van der Waals surface area contributed by atoms with Crippen molar-refractivity contribution in [1.29, 1.82) is 0 Å². The van der Waals surface area contributed by atoms with Crippen molar-refractivity contribution in [2.24, 2.45) is 0 Å². The Morgan fingerprint density at radius 2 is 2.54 bits per heavy atom. The van der Waals surface area contributed by atoms with Gasteiger partial charge in [-0.15, -0.1) is 0 Å². The molecule has 1 atom stereocenters. The van der Waals surface area contributed by atoms with Crippen LogP contribution in [0.15, 0.2) is 35.4 Å². The molecule has 0 radical (unpaired) electrons. The maximum atomic E-state index is 4.99. The van der Waals surface area contributed by atoms with Gasteiger partial charge in [-0.25, -0.2) is 4.98 Å². The van der Waals surface area contributed by atoms with Gasteiger partial charge in [0.1, 0.15) is 5.82 Å². The summed E-state index contributed by atoms with van der Waals surface area (Å²) in [6.45, 7) is 0. The summed E-state index contributed by atoms with van der Waals surface area (Å²) < 4.78 is 4.99. The Bertz CT molecular complexity index is 342. The largest absolute Gasteiger partial charge is 0.472 e. The van der Waals surface area contributed by atoms with Gasteiger partial charge >= 0.3 is 0 Å². The lowest BCUT2D eigenvalue weighted by molar-refractivity contribution is 0.563. The summed E-state index contributed by atoms with van der Waals surface area (Å²) >= 11 is 3.57. The maximum absolute atomic E-state index is 4.99. The number of imidazole rings is 1. The Labute approximate surface area is 84.3 Å². The van der Waals surface area contributed by atoms with Crippen LogP contribution in [0.4, 0.5) is 0 Å². The standard InChI is InChI=1S/C9H9BrN2O/c10-8(7-1-4-13-6-7)5-9-11-2-3-12-9/h1-4,6,8H,5H2,(H,11,12). The molecule has 0 spiro atoms. The fraction of sp³-hybridized carbons (Fsp3) is 0.222. The summed E-state index contributed by atoms with van der Waals surface area (Å²) in [4.78, 5) is 7.47. The molecular formula is C9H9BrN2O. The van der Waals surface area contributed by atoms with Crippen molar-refractivity contribution in [1.82, 2.24) is 9.97 Å². The lowest BCUT2D eigenvalue weighted by Gasteiger charge is -2.03. The number of rotatable bonds is 3. The van der Waals surface area contributed by atoms with E-state index in [-0.39, 0.29) is 4.83 Å². The molecule has 0 saturated carbocycles. The third kappa shape index (κ3) is 2.01. The molecule has 1 N–H and O–H groups in total. The Balaban J connectivity index is 2.04. The second-order valence-corrected chi connectivity index (χ2v) is 3.87. The van der Waals surface area contributed by atoms with Crippen LogP contribution < -0.4 is 0 Å². The van der Waals surface area contributed by atoms with Crippen LogP contribution in [0.3, 0.4) is 0 Å². The Hall–Kier alpha value is -1.03. The van der Waals surface area contributed by atoms with Crippen LogP contribution in [0.5, 0.6) is 0 Å². The maximum Gasteiger partial charge on any atom is 0.107 e. The number of H-pyrrole nitrogens is 1. The zero-order valence-corrected chi connectivity index (χ0v) is 8.49. The van der Waals surface area contributed by atoms with Crippen LogP contribution in [-0.4, -0.2) is 9.97 Å². The monoisotopic (exact) mass is 240 g/mol. The minimum Gasteiger partial charge on any atom is -0.472 e. The molecule has 0 aliphatic rings. The number of halogens is 1. The van der Waals surface area contributed by atoms with Crippen molar-refractivity contribution in [2.75, 3.05) is 0 Å². The van der Waals surface area contributed by atoms with Gasteiger partial charge in [0.05, 0.1) is 12.5 Å². The Morgan fingerprint density at radius 3 is 3.15 bits per heavy atom. The minimum atomic E-state index is 0.261. The predicted octanol–water partition coefficient (Wildman–Crippen LogP) is 2.68. The minimum absolute atomic E-state index is 0.261. The van der Waals surface area contributed by atoms with Gasteiger partial charge in [-0.2, -0.15) is 0 Å². The lowest BCUT2D eigenvalue weighted by Crippen LogP contribution is -1.95. The quantitative estimate of drug-likeness (QED) is 0.839. The first-order valence-corrected chi connectivity index (χ1v) is 4.92. The van der Waals surface area contributed by atoms with Gasteiger partial charge in [0.15, 0.2) is 0 Å². The molecule has 4 heteroatoms. The fourth-order valence-corrected chi connectivity index (χ4v) is 1.72. The molecule has 3 nitrogen and oxygen atoms in total. The SMILES string of the molecule is BrC(Cc1ncc[nH]1)c1ccoc1. The third-order valence-electron chi connectivity index (χ3n) is 1.83. The smallest absolute Gasteiger partial charge is 0.107 e. The molecule has 1 unspecified atom stereocenters. The van der Waals surface area contributed by atoms with E-state index in [1.807, 2.05) is 12.3 Å². The van der Waals surface area contributed by atoms with Crippen molar-refractivity contribution in [3.63, 3.8) is 0 Å². The zero-order chi connectivity index (χ0) is 9.10. The molecule has 0 amide bonds. The van der Waals surface area contributed by atoms with Gasteiger partial charge in [0.25, 0.3) is 0 Å². The normalized spacial score (nSPS) is 13.0. The molecular weight excluding hydrogens is 232 g/mol. The molecule has 0 aromatic carbocycles. The number of hydrogen-bond acceptors (Lipinski definition) is 2. The molecule has 0 aliphatic heterocycles. The molecule has 13 heavy (non-hydrogen) atoms. The molecule has 0 saturated heterocycles. The molecule has 0 aliphatic carbocycles. The summed E-state index contributed by atoms with van der Waals surface area (Å²) in [5.41, 5.74) is 1.14. The fourth-order valence-electron chi connectivity index (χ4n) is 1.15. The van der Waals surface area contributed by atoms with Crippen LogP contribution in [0, 0.1) is 0 Å². The summed E-state index contributed by atoms with van der Waals surface area (Å²) in [5.74, 6) is 0.975. The van der Waals surface area contributed by atoms with Gasteiger partial charge in [0.2, 0.25) is 0 Å². The van der Waals surface area contributed by atoms with E-state index in [1.165, 1.54) is 0 Å². The van der Waals surface area contributed by atoms with E-state index in [0.29, 0.717) is 0 Å². The van der Waals surface area contributed by atoms with Gasteiger partial charge in [0, 0.05) is 29.2 Å². The van der Waals surface area contributed by atoms with Crippen molar-refractivity contribution in [3.05, 3.63) is 42.4 Å². The van der Waals surface area contributed by atoms with E-state index in [2.05, 4.69) is 25.9 Å². The van der Waals surface area contributed by atoms with Gasteiger partial charge < -0.3 is 9.40 Å². The second kappa shape index (κ2) is 3.79. The average Bonchev–Trinajstić information content (AvgIpc) is 2.74. The van der Waals surface area contributed by atoms with E-state index >= 15 is 0 Å². The molecule has 0 fully saturated rings. The van der Waals surface area contributed by atoms with Crippen LogP contribution >= 0.6 is 15.9 Å². The summed E-state index contributed by atoms with van der Waals surface area (Å²) in [5, 5.41) is 0. The van der Waals surface area contributed by atoms with Crippen molar-refractivity contribution < 1.29 is 4.42 Å². The summed E-state index contributed by atoms with van der Waals surface area (Å²) in [6, 6.07) is 1.95. The highest BCUT2D eigenvalue weighted by atomic mass is 79.9. The lowest BCUT2D eigenvalue weighted by atomic mass is 10.2. The number of furan rings is 1. The first kappa shape index (κ1) is 8.56. The first-order valence-electron chi connectivity index (χ1n) is 4.00. The highest BCUT2D eigenvalue weighted by Crippen LogP contribution is 2.25. The van der Waals surface area contributed by atoms with E-state index in [9.17, 15) is 0 Å². The van der Waals surface area contributed by atoms with Crippen molar-refractivity contribution in [3.8, 4) is 0 Å². The average molecular weight is 241 g/mol. The number of alkyl halides is 1. The highest BCUT2D eigenvalue weighted by molar-refractivity contribution is 9.09. The van der Waals surface area contributed by atoms with E-state index in [1.54, 1.807) is 18.7 Å². The summed E-state index contributed by atoms with van der Waals surface area (Å²) in [7, 11) is 0. The molecule has 2 heterocycles. The Kier molecular flexibility index (Phi) is 2.49. The van der Waals surface area contributed by atoms with Crippen LogP contribution in [0.25, 0.3) is 0 Å². The molecule has 68 valence electrons. The number of nitrogens with one attached hydrogen (secondary N) is 1. The Morgan fingerprint density at radius 1 is 1.62 bits per heavy atom. The van der Waals surface area contributed by atoms with Crippen LogP contribution in [-0.2, 0) is 6.42 Å². The number of aromatic nitrogens is 2. The second-order valence-electron chi connectivity index (χ2n) is 2.76. The number of hydrogen-bond donors (Lipinski definition) is 1. The van der Waals surface area contributed by atoms with Crippen LogP contribution in [0.1, 0.15) is 16.2 Å². The molecule has 2 aromatic heterocycles. The van der Waals surface area contributed by atoms with E-state index < -0.39 is 0 Å². The van der Waals surface area contributed by atoms with Gasteiger partial charge in [-0.1, -0.05) is 15.9 Å². The molecule has 0 bridgehead atoms. The van der Waals surface area contributed by atoms with E-state index in [0.717, 1.165) is 17.8 Å². The first-order chi connectivity index (χ1) is 6.36. The number of nitrogens with zero attached hydrogens (tertiary/aromatic N) is 1. The van der Waals surface area contributed by atoms with Gasteiger partial charge in [-0.3, -0.25) is 0 Å². The van der Waals surface area contributed by atoms with Crippen LogP contribution in [0.2, 0.25) is 0 Å².